The smallest absolute Gasteiger partial charge is 0.180 e. The topological polar surface area (TPSA) is 49.0 Å². The molecule has 0 aliphatic heterocycles. The van der Waals surface area contributed by atoms with E-state index >= 15 is 0 Å². The van der Waals surface area contributed by atoms with Gasteiger partial charge in [0, 0.05) is 6.54 Å². The molecule has 6 heteroatoms. The number of benzene rings is 3. The van der Waals surface area contributed by atoms with Crippen molar-refractivity contribution in [3.63, 3.8) is 0 Å². The van der Waals surface area contributed by atoms with Gasteiger partial charge < -0.3 is 24.3 Å². The zero-order valence-electron chi connectivity index (χ0n) is 19.7. The molecule has 5 nitrogen and oxygen atoms in total. The normalized spacial score (nSPS) is 10.7. The van der Waals surface area contributed by atoms with E-state index < -0.39 is 0 Å². The SMILES string of the molecule is CCOc1cc(CNCCc2ccc(OC)c(OC)c2)cc(Cl)c1OCc1ccccc1C. The highest BCUT2D eigenvalue weighted by Gasteiger charge is 2.13. The zero-order valence-corrected chi connectivity index (χ0v) is 20.5. The molecule has 0 aliphatic rings. The van der Waals surface area contributed by atoms with Crippen LogP contribution in [0.3, 0.4) is 0 Å². The summed E-state index contributed by atoms with van der Waals surface area (Å²) < 4.78 is 22.6. The minimum absolute atomic E-state index is 0.440. The molecule has 0 radical (unpaired) electrons. The molecule has 0 amide bonds. The molecule has 0 heterocycles. The van der Waals surface area contributed by atoms with Crippen LogP contribution in [0.5, 0.6) is 23.0 Å². The molecule has 3 rings (SSSR count). The summed E-state index contributed by atoms with van der Waals surface area (Å²) in [5, 5.41) is 4.02. The summed E-state index contributed by atoms with van der Waals surface area (Å²) in [4.78, 5) is 0. The first-order chi connectivity index (χ1) is 16.0. The molecule has 1 N–H and O–H groups in total. The Hall–Kier alpha value is -2.89. The van der Waals surface area contributed by atoms with Crippen molar-refractivity contribution in [3.8, 4) is 23.0 Å². The third kappa shape index (κ3) is 6.80. The summed E-state index contributed by atoms with van der Waals surface area (Å²) in [5.74, 6) is 2.72. The van der Waals surface area contributed by atoms with Gasteiger partial charge in [-0.2, -0.15) is 0 Å². The van der Waals surface area contributed by atoms with E-state index in [0.29, 0.717) is 36.3 Å². The maximum Gasteiger partial charge on any atom is 0.180 e. The van der Waals surface area contributed by atoms with Crippen molar-refractivity contribution >= 4 is 11.6 Å². The highest BCUT2D eigenvalue weighted by molar-refractivity contribution is 6.32. The minimum Gasteiger partial charge on any atom is -0.493 e. The Morgan fingerprint density at radius 3 is 2.33 bits per heavy atom. The first kappa shape index (κ1) is 24.7. The summed E-state index contributed by atoms with van der Waals surface area (Å²) in [7, 11) is 3.29. The summed E-state index contributed by atoms with van der Waals surface area (Å²) in [6, 6.07) is 18.1. The molecule has 0 saturated heterocycles. The van der Waals surface area contributed by atoms with E-state index in [1.165, 1.54) is 11.1 Å². The molecule has 0 unspecified atom stereocenters. The Morgan fingerprint density at radius 2 is 1.61 bits per heavy atom. The van der Waals surface area contributed by atoms with Crippen LogP contribution in [0.1, 0.15) is 29.2 Å². The molecule has 0 spiro atoms. The molecular weight excluding hydrogens is 438 g/mol. The quantitative estimate of drug-likeness (QED) is 0.331. The second kappa shape index (κ2) is 12.4. The number of halogens is 1. The number of hydrogen-bond donors (Lipinski definition) is 1. The maximum atomic E-state index is 6.59. The van der Waals surface area contributed by atoms with Crippen LogP contribution < -0.4 is 24.3 Å². The molecule has 3 aromatic rings. The van der Waals surface area contributed by atoms with Gasteiger partial charge in [-0.05, 0) is 73.3 Å². The number of methoxy groups -OCH3 is 2. The van der Waals surface area contributed by atoms with E-state index in [4.69, 9.17) is 30.5 Å². The van der Waals surface area contributed by atoms with Crippen LogP contribution in [0.15, 0.2) is 54.6 Å². The number of rotatable bonds is 12. The maximum absolute atomic E-state index is 6.59. The molecule has 0 bridgehead atoms. The number of ether oxygens (including phenoxy) is 4. The fourth-order valence-electron chi connectivity index (χ4n) is 3.55. The van der Waals surface area contributed by atoms with Gasteiger partial charge in [-0.25, -0.2) is 0 Å². The second-order valence-corrected chi connectivity index (χ2v) is 8.08. The molecule has 0 aromatic heterocycles. The van der Waals surface area contributed by atoms with Crippen molar-refractivity contribution < 1.29 is 18.9 Å². The largest absolute Gasteiger partial charge is 0.493 e. The van der Waals surface area contributed by atoms with E-state index in [2.05, 4.69) is 24.4 Å². The fraction of sp³-hybridized carbons (Fsp3) is 0.333. The van der Waals surface area contributed by atoms with Crippen LogP contribution in [-0.2, 0) is 19.6 Å². The van der Waals surface area contributed by atoms with Gasteiger partial charge in [-0.15, -0.1) is 0 Å². The van der Waals surface area contributed by atoms with Gasteiger partial charge in [0.1, 0.15) is 6.61 Å². The molecule has 0 aliphatic carbocycles. The van der Waals surface area contributed by atoms with Crippen molar-refractivity contribution in [3.05, 3.63) is 81.9 Å². The van der Waals surface area contributed by atoms with Crippen molar-refractivity contribution in [1.82, 2.24) is 5.32 Å². The van der Waals surface area contributed by atoms with Gasteiger partial charge in [0.2, 0.25) is 0 Å². The van der Waals surface area contributed by atoms with Gasteiger partial charge in [-0.3, -0.25) is 0 Å². The minimum atomic E-state index is 0.440. The molecule has 176 valence electrons. The lowest BCUT2D eigenvalue weighted by Crippen LogP contribution is -2.17. The molecule has 0 atom stereocenters. The predicted molar refractivity (Wildman–Crippen MR) is 133 cm³/mol. The number of hydrogen-bond acceptors (Lipinski definition) is 5. The van der Waals surface area contributed by atoms with E-state index in [1.54, 1.807) is 14.2 Å². The second-order valence-electron chi connectivity index (χ2n) is 7.67. The van der Waals surface area contributed by atoms with Crippen molar-refractivity contribution in [2.45, 2.75) is 33.4 Å². The summed E-state index contributed by atoms with van der Waals surface area (Å²) in [6.07, 6.45) is 0.865. The van der Waals surface area contributed by atoms with Gasteiger partial charge >= 0.3 is 0 Å². The zero-order chi connectivity index (χ0) is 23.6. The van der Waals surface area contributed by atoms with Gasteiger partial charge in [0.25, 0.3) is 0 Å². The summed E-state index contributed by atoms with van der Waals surface area (Å²) >= 11 is 6.59. The summed E-state index contributed by atoms with van der Waals surface area (Å²) in [6.45, 7) is 6.48. The van der Waals surface area contributed by atoms with E-state index in [-0.39, 0.29) is 0 Å². The molecule has 33 heavy (non-hydrogen) atoms. The first-order valence-corrected chi connectivity index (χ1v) is 11.5. The van der Waals surface area contributed by atoms with Crippen molar-refractivity contribution in [2.75, 3.05) is 27.4 Å². The van der Waals surface area contributed by atoms with E-state index in [1.807, 2.05) is 49.4 Å². The van der Waals surface area contributed by atoms with Crippen LogP contribution in [-0.4, -0.2) is 27.4 Å². The average molecular weight is 470 g/mol. The van der Waals surface area contributed by atoms with Gasteiger partial charge in [-0.1, -0.05) is 41.9 Å². The Kier molecular flexibility index (Phi) is 9.28. The highest BCUT2D eigenvalue weighted by Crippen LogP contribution is 2.37. The highest BCUT2D eigenvalue weighted by atomic mass is 35.5. The van der Waals surface area contributed by atoms with Gasteiger partial charge in [0.05, 0.1) is 25.8 Å². The Bertz CT molecular complexity index is 1050. The third-order valence-corrected chi connectivity index (χ3v) is 5.65. The Morgan fingerprint density at radius 1 is 0.848 bits per heavy atom. The van der Waals surface area contributed by atoms with Crippen LogP contribution in [0, 0.1) is 6.92 Å². The van der Waals surface area contributed by atoms with Crippen LogP contribution in [0.4, 0.5) is 0 Å². The first-order valence-electron chi connectivity index (χ1n) is 11.1. The van der Waals surface area contributed by atoms with Crippen molar-refractivity contribution in [2.24, 2.45) is 0 Å². The van der Waals surface area contributed by atoms with E-state index in [0.717, 1.165) is 35.6 Å². The predicted octanol–water partition coefficient (Wildman–Crippen LogP) is 5.98. The third-order valence-electron chi connectivity index (χ3n) is 5.37. The van der Waals surface area contributed by atoms with Crippen molar-refractivity contribution in [1.29, 1.82) is 0 Å². The lowest BCUT2D eigenvalue weighted by Gasteiger charge is -2.16. The molecule has 0 fully saturated rings. The fourth-order valence-corrected chi connectivity index (χ4v) is 3.84. The number of aryl methyl sites for hydroxylation is 1. The summed E-state index contributed by atoms with van der Waals surface area (Å²) in [5.41, 5.74) is 4.52. The Balaban J connectivity index is 1.61. The van der Waals surface area contributed by atoms with Crippen LogP contribution in [0.25, 0.3) is 0 Å². The van der Waals surface area contributed by atoms with E-state index in [9.17, 15) is 0 Å². The number of nitrogens with one attached hydrogen (secondary N) is 1. The molecular formula is C27H32ClNO4. The van der Waals surface area contributed by atoms with Crippen LogP contribution in [0.2, 0.25) is 5.02 Å². The van der Waals surface area contributed by atoms with Gasteiger partial charge in [0.15, 0.2) is 23.0 Å². The molecule has 3 aromatic carbocycles. The molecule has 0 saturated carbocycles. The Labute approximate surface area is 201 Å². The standard InChI is InChI=1S/C27H32ClNO4/c1-5-32-26-16-21(14-23(28)27(26)33-18-22-9-7-6-8-19(22)2)17-29-13-12-20-10-11-24(30-3)25(15-20)31-4/h6-11,14-16,29H,5,12-13,17-18H2,1-4H3. The lowest BCUT2D eigenvalue weighted by atomic mass is 10.1. The lowest BCUT2D eigenvalue weighted by molar-refractivity contribution is 0.269. The monoisotopic (exact) mass is 469 g/mol. The average Bonchev–Trinajstić information content (AvgIpc) is 2.82. The van der Waals surface area contributed by atoms with Crippen LogP contribution >= 0.6 is 11.6 Å².